The molecule has 2 aromatic carbocycles. The molecule has 232 valence electrons. The zero-order valence-corrected chi connectivity index (χ0v) is 27.0. The van der Waals surface area contributed by atoms with Crippen molar-refractivity contribution in [1.29, 1.82) is 0 Å². The third-order valence-electron chi connectivity index (χ3n) is 8.03. The van der Waals surface area contributed by atoms with E-state index in [2.05, 4.69) is 70.5 Å². The van der Waals surface area contributed by atoms with Crippen LogP contribution in [0.25, 0.3) is 5.65 Å². The van der Waals surface area contributed by atoms with Crippen LogP contribution in [0.2, 0.25) is 0 Å². The van der Waals surface area contributed by atoms with E-state index in [1.807, 2.05) is 39.1 Å². The van der Waals surface area contributed by atoms with E-state index in [0.717, 1.165) is 63.1 Å². The van der Waals surface area contributed by atoms with Gasteiger partial charge in [0.15, 0.2) is 5.65 Å². The van der Waals surface area contributed by atoms with Crippen molar-refractivity contribution in [3.8, 4) is 0 Å². The van der Waals surface area contributed by atoms with Gasteiger partial charge >= 0.3 is 5.97 Å². The number of benzene rings is 2. The van der Waals surface area contributed by atoms with Crippen LogP contribution < -0.4 is 0 Å². The van der Waals surface area contributed by atoms with Crippen molar-refractivity contribution in [2.75, 3.05) is 26.2 Å². The first-order chi connectivity index (χ1) is 19.9. The van der Waals surface area contributed by atoms with Crippen molar-refractivity contribution in [3.05, 3.63) is 102 Å². The lowest BCUT2D eigenvalue weighted by molar-refractivity contribution is -0.148. The van der Waals surface area contributed by atoms with Gasteiger partial charge in [0.1, 0.15) is 11.5 Å². The molecule has 1 saturated heterocycles. The molecule has 1 fully saturated rings. The first-order valence-electron chi connectivity index (χ1n) is 14.9. The number of hydrogen-bond acceptors (Lipinski definition) is 6. The zero-order valence-electron chi connectivity index (χ0n) is 25.4. The topological polar surface area (TPSA) is 69.0 Å². The monoisotopic (exact) mass is 626 g/mol. The van der Waals surface area contributed by atoms with Gasteiger partial charge in [-0.05, 0) is 82.7 Å². The highest BCUT2D eigenvalue weighted by Crippen LogP contribution is 2.30. The van der Waals surface area contributed by atoms with Crippen molar-refractivity contribution < 1.29 is 14.3 Å². The number of piperidine rings is 1. The first-order valence-corrected chi connectivity index (χ1v) is 14.9. The van der Waals surface area contributed by atoms with Crippen LogP contribution in [0.15, 0.2) is 79.0 Å². The lowest BCUT2D eigenvalue weighted by Gasteiger charge is -2.34. The SMILES string of the molecule is CCOC(=O)C(C)(C)c1cn2nc(CCCCN3CCC(OC(c4ccccc4)c4ccccc4)CC3)ccc2n1.Cl.Cl. The molecular weight excluding hydrogens is 583 g/mol. The van der Waals surface area contributed by atoms with Gasteiger partial charge in [0.25, 0.3) is 0 Å². The second-order valence-electron chi connectivity index (χ2n) is 11.4. The molecule has 43 heavy (non-hydrogen) atoms. The number of imidazole rings is 1. The van der Waals surface area contributed by atoms with Crippen LogP contribution in [0.5, 0.6) is 0 Å². The zero-order chi connectivity index (χ0) is 28.7. The van der Waals surface area contributed by atoms with E-state index in [9.17, 15) is 4.79 Å². The van der Waals surface area contributed by atoms with E-state index >= 15 is 0 Å². The lowest BCUT2D eigenvalue weighted by atomic mass is 9.90. The van der Waals surface area contributed by atoms with Gasteiger partial charge in [-0.15, -0.1) is 24.8 Å². The third-order valence-corrected chi connectivity index (χ3v) is 8.03. The number of hydrogen-bond donors (Lipinski definition) is 0. The number of halogens is 2. The molecule has 1 aliphatic heterocycles. The van der Waals surface area contributed by atoms with E-state index in [0.29, 0.717) is 12.3 Å². The maximum Gasteiger partial charge on any atom is 0.317 e. The highest BCUT2D eigenvalue weighted by molar-refractivity contribution is 5.85. The predicted octanol–water partition coefficient (Wildman–Crippen LogP) is 7.01. The smallest absolute Gasteiger partial charge is 0.317 e. The minimum Gasteiger partial charge on any atom is -0.465 e. The fourth-order valence-electron chi connectivity index (χ4n) is 5.48. The minimum absolute atomic E-state index is 0. The van der Waals surface area contributed by atoms with Crippen molar-refractivity contribution in [1.82, 2.24) is 19.5 Å². The van der Waals surface area contributed by atoms with Crippen LogP contribution >= 0.6 is 24.8 Å². The van der Waals surface area contributed by atoms with Gasteiger partial charge in [-0.2, -0.15) is 5.10 Å². The van der Waals surface area contributed by atoms with Crippen LogP contribution in [0.1, 0.15) is 75.1 Å². The molecule has 0 bridgehead atoms. The van der Waals surface area contributed by atoms with Crippen LogP contribution in [-0.2, 0) is 26.1 Å². The number of aromatic nitrogens is 3. The fraction of sp³-hybridized carbons (Fsp3) is 0.441. The van der Waals surface area contributed by atoms with Crippen LogP contribution in [0.3, 0.4) is 0 Å². The Morgan fingerprint density at radius 1 is 0.930 bits per heavy atom. The number of unbranched alkanes of at least 4 members (excludes halogenated alkanes) is 1. The molecule has 0 amide bonds. The molecule has 5 rings (SSSR count). The van der Waals surface area contributed by atoms with Crippen molar-refractivity contribution in [2.45, 2.75) is 70.5 Å². The molecule has 7 nitrogen and oxygen atoms in total. The number of likely N-dealkylation sites (tertiary alicyclic amines) is 1. The molecule has 0 aliphatic carbocycles. The molecule has 0 atom stereocenters. The molecule has 9 heteroatoms. The van der Waals surface area contributed by atoms with E-state index in [4.69, 9.17) is 14.6 Å². The molecule has 0 radical (unpaired) electrons. The number of rotatable bonds is 12. The van der Waals surface area contributed by atoms with E-state index in [-0.39, 0.29) is 43.0 Å². The third kappa shape index (κ3) is 8.79. The van der Waals surface area contributed by atoms with Crippen molar-refractivity contribution >= 4 is 36.4 Å². The van der Waals surface area contributed by atoms with Crippen molar-refractivity contribution in [3.63, 3.8) is 0 Å². The number of carbonyl (C=O) groups excluding carboxylic acids is 1. The molecule has 4 aromatic rings. The van der Waals surface area contributed by atoms with E-state index < -0.39 is 5.41 Å². The van der Waals surface area contributed by atoms with Gasteiger partial charge in [0.05, 0.1) is 30.3 Å². The summed E-state index contributed by atoms with van der Waals surface area (Å²) in [7, 11) is 0. The Labute approximate surface area is 267 Å². The molecule has 3 heterocycles. The quantitative estimate of drug-likeness (QED) is 0.124. The Balaban J connectivity index is 0.00000253. The molecule has 2 aromatic heterocycles. The van der Waals surface area contributed by atoms with Gasteiger partial charge in [-0.3, -0.25) is 4.79 Å². The normalized spacial score (nSPS) is 14.3. The Morgan fingerprint density at radius 2 is 1.56 bits per heavy atom. The molecule has 0 saturated carbocycles. The number of fused-ring (bicyclic) bond motifs is 1. The average molecular weight is 628 g/mol. The maximum absolute atomic E-state index is 12.4. The highest BCUT2D eigenvalue weighted by Gasteiger charge is 2.34. The predicted molar refractivity (Wildman–Crippen MR) is 175 cm³/mol. The standard InChI is InChI=1S/C34H42N4O3.2ClH/c1-4-40-33(39)34(2,3)30-25-38-31(35-30)19-18-28(36-38)17-11-12-22-37-23-20-29(21-24-37)41-32(26-13-7-5-8-14-26)27-15-9-6-10-16-27;;/h5-10,13-16,18-19,25,29,32H,4,11-12,17,20-24H2,1-3H3;2*1H. The molecule has 1 aliphatic rings. The number of nitrogens with zero attached hydrogens (tertiary/aromatic N) is 4. The summed E-state index contributed by atoms with van der Waals surface area (Å²) >= 11 is 0. The first kappa shape index (κ1) is 34.5. The molecule has 0 N–H and O–H groups in total. The van der Waals surface area contributed by atoms with E-state index in [1.165, 1.54) is 11.1 Å². The lowest BCUT2D eigenvalue weighted by Crippen LogP contribution is -2.38. The Hall–Kier alpha value is -2.97. The summed E-state index contributed by atoms with van der Waals surface area (Å²) < 4.78 is 13.7. The second-order valence-corrected chi connectivity index (χ2v) is 11.4. The fourth-order valence-corrected chi connectivity index (χ4v) is 5.48. The number of carbonyl (C=O) groups is 1. The molecule has 0 spiro atoms. The summed E-state index contributed by atoms with van der Waals surface area (Å²) in [6.07, 6.45) is 7.33. The number of esters is 1. The number of ether oxygens (including phenoxy) is 2. The minimum atomic E-state index is -0.813. The van der Waals surface area contributed by atoms with Gasteiger partial charge in [-0.25, -0.2) is 9.50 Å². The number of aryl methyl sites for hydroxylation is 1. The summed E-state index contributed by atoms with van der Waals surface area (Å²) in [5.41, 5.74) is 4.06. The van der Waals surface area contributed by atoms with Gasteiger partial charge < -0.3 is 14.4 Å². The molecule has 0 unspecified atom stereocenters. The van der Waals surface area contributed by atoms with E-state index in [1.54, 1.807) is 4.52 Å². The average Bonchev–Trinajstić information content (AvgIpc) is 3.44. The maximum atomic E-state index is 12.4. The van der Waals surface area contributed by atoms with Crippen LogP contribution in [0.4, 0.5) is 0 Å². The van der Waals surface area contributed by atoms with Gasteiger partial charge in [0, 0.05) is 13.1 Å². The Kier molecular flexibility index (Phi) is 13.0. The largest absolute Gasteiger partial charge is 0.465 e. The summed E-state index contributed by atoms with van der Waals surface area (Å²) in [6.45, 7) is 9.08. The summed E-state index contributed by atoms with van der Waals surface area (Å²) in [5, 5.41) is 4.76. The van der Waals surface area contributed by atoms with Crippen LogP contribution in [-0.4, -0.2) is 57.8 Å². The summed E-state index contributed by atoms with van der Waals surface area (Å²) in [6, 6.07) is 25.1. The summed E-state index contributed by atoms with van der Waals surface area (Å²) in [5.74, 6) is -0.272. The Bertz CT molecular complexity index is 1370. The second kappa shape index (κ2) is 16.2. The van der Waals surface area contributed by atoms with Crippen molar-refractivity contribution in [2.24, 2.45) is 0 Å². The summed E-state index contributed by atoms with van der Waals surface area (Å²) in [4.78, 5) is 19.6. The highest BCUT2D eigenvalue weighted by atomic mass is 35.5. The Morgan fingerprint density at radius 3 is 2.16 bits per heavy atom. The van der Waals surface area contributed by atoms with Gasteiger partial charge in [0.2, 0.25) is 0 Å². The van der Waals surface area contributed by atoms with Gasteiger partial charge in [-0.1, -0.05) is 60.7 Å². The molecular formula is C34H44Cl2N4O3. The van der Waals surface area contributed by atoms with Crippen LogP contribution in [0, 0.1) is 0 Å².